The van der Waals surface area contributed by atoms with Gasteiger partial charge in [-0.15, -0.1) is 0 Å². The highest BCUT2D eigenvalue weighted by Gasteiger charge is 2.24. The summed E-state index contributed by atoms with van der Waals surface area (Å²) in [6.07, 6.45) is 2.60. The van der Waals surface area contributed by atoms with Crippen LogP contribution in [0.2, 0.25) is 0 Å². The van der Waals surface area contributed by atoms with E-state index in [9.17, 15) is 14.4 Å². The molecule has 20 heavy (non-hydrogen) atoms. The predicted octanol–water partition coefficient (Wildman–Crippen LogP) is 1.49. The zero-order chi connectivity index (χ0) is 14.1. The van der Waals surface area contributed by atoms with E-state index in [1.807, 2.05) is 6.07 Å². The summed E-state index contributed by atoms with van der Waals surface area (Å²) in [5.74, 6) is -0.268. The van der Waals surface area contributed by atoms with Crippen LogP contribution in [0.25, 0.3) is 10.9 Å². The molecule has 0 aliphatic carbocycles. The number of rotatable bonds is 2. The SMILES string of the molecule is O=Cc1ccc2cc(N3CCC(=O)NC3=O)cnc2c1. The van der Waals surface area contributed by atoms with Crippen molar-refractivity contribution >= 4 is 34.8 Å². The van der Waals surface area contributed by atoms with Gasteiger partial charge < -0.3 is 0 Å². The summed E-state index contributed by atoms with van der Waals surface area (Å²) in [5, 5.41) is 3.10. The second kappa shape index (κ2) is 4.73. The fraction of sp³-hybridized carbons (Fsp3) is 0.143. The highest BCUT2D eigenvalue weighted by atomic mass is 16.2. The molecule has 100 valence electrons. The molecule has 1 aromatic heterocycles. The lowest BCUT2D eigenvalue weighted by molar-refractivity contribution is -0.120. The summed E-state index contributed by atoms with van der Waals surface area (Å²) < 4.78 is 0. The van der Waals surface area contributed by atoms with Crippen LogP contribution in [-0.2, 0) is 4.79 Å². The highest BCUT2D eigenvalue weighted by Crippen LogP contribution is 2.22. The normalized spacial score (nSPS) is 15.3. The van der Waals surface area contributed by atoms with E-state index in [1.54, 1.807) is 24.4 Å². The minimum atomic E-state index is -0.438. The van der Waals surface area contributed by atoms with Gasteiger partial charge in [-0.2, -0.15) is 0 Å². The van der Waals surface area contributed by atoms with Crippen LogP contribution in [0.5, 0.6) is 0 Å². The largest absolute Gasteiger partial charge is 0.328 e. The maximum Gasteiger partial charge on any atom is 0.328 e. The predicted molar refractivity (Wildman–Crippen MR) is 72.6 cm³/mol. The molecule has 6 heteroatoms. The van der Waals surface area contributed by atoms with Crippen LogP contribution < -0.4 is 10.2 Å². The van der Waals surface area contributed by atoms with Crippen molar-refractivity contribution in [1.29, 1.82) is 0 Å². The first-order valence-corrected chi connectivity index (χ1v) is 6.14. The number of aldehydes is 1. The Balaban J connectivity index is 1.98. The van der Waals surface area contributed by atoms with Crippen LogP contribution in [0.3, 0.4) is 0 Å². The van der Waals surface area contributed by atoms with Gasteiger partial charge in [0.25, 0.3) is 0 Å². The lowest BCUT2D eigenvalue weighted by Crippen LogP contribution is -2.49. The summed E-state index contributed by atoms with van der Waals surface area (Å²) in [7, 11) is 0. The van der Waals surface area contributed by atoms with Gasteiger partial charge >= 0.3 is 6.03 Å². The molecule has 0 spiro atoms. The van der Waals surface area contributed by atoms with Crippen LogP contribution in [0, 0.1) is 0 Å². The smallest absolute Gasteiger partial charge is 0.298 e. The molecule has 0 unspecified atom stereocenters. The van der Waals surface area contributed by atoms with Crippen molar-refractivity contribution in [2.75, 3.05) is 11.4 Å². The fourth-order valence-corrected chi connectivity index (χ4v) is 2.16. The zero-order valence-corrected chi connectivity index (χ0v) is 10.5. The molecule has 6 nitrogen and oxygen atoms in total. The lowest BCUT2D eigenvalue weighted by Gasteiger charge is -2.26. The number of urea groups is 1. The van der Waals surface area contributed by atoms with Crippen molar-refractivity contribution in [2.45, 2.75) is 6.42 Å². The molecule has 3 amide bonds. The zero-order valence-electron chi connectivity index (χ0n) is 10.5. The van der Waals surface area contributed by atoms with Crippen molar-refractivity contribution in [3.05, 3.63) is 36.0 Å². The van der Waals surface area contributed by atoms with Crippen LogP contribution in [0.15, 0.2) is 30.5 Å². The van der Waals surface area contributed by atoms with Gasteiger partial charge in [-0.1, -0.05) is 12.1 Å². The Morgan fingerprint density at radius 2 is 2.10 bits per heavy atom. The second-order valence-corrected chi connectivity index (χ2v) is 4.52. The average molecular weight is 269 g/mol. The summed E-state index contributed by atoms with van der Waals surface area (Å²) in [4.78, 5) is 39.3. The third-order valence-corrected chi connectivity index (χ3v) is 3.20. The Morgan fingerprint density at radius 1 is 1.25 bits per heavy atom. The first-order valence-electron chi connectivity index (χ1n) is 6.14. The number of hydrogen-bond acceptors (Lipinski definition) is 4. The van der Waals surface area contributed by atoms with Gasteiger partial charge in [0, 0.05) is 23.9 Å². The Morgan fingerprint density at radius 3 is 2.85 bits per heavy atom. The van der Waals surface area contributed by atoms with Gasteiger partial charge in [-0.25, -0.2) is 4.79 Å². The fourth-order valence-electron chi connectivity index (χ4n) is 2.16. The molecular formula is C14H11N3O3. The maximum absolute atomic E-state index is 11.8. The van der Waals surface area contributed by atoms with Crippen molar-refractivity contribution in [1.82, 2.24) is 10.3 Å². The average Bonchev–Trinajstić information content (AvgIpc) is 2.46. The second-order valence-electron chi connectivity index (χ2n) is 4.52. The molecule has 1 aliphatic heterocycles. The third kappa shape index (κ3) is 2.11. The van der Waals surface area contributed by atoms with E-state index in [0.29, 0.717) is 23.3 Å². The number of imide groups is 1. The molecule has 0 saturated carbocycles. The van der Waals surface area contributed by atoms with Crippen LogP contribution in [0.4, 0.5) is 10.5 Å². The monoisotopic (exact) mass is 269 g/mol. The first kappa shape index (κ1) is 12.3. The number of nitrogens with zero attached hydrogens (tertiary/aromatic N) is 2. The molecule has 0 atom stereocenters. The summed E-state index contributed by atoms with van der Waals surface area (Å²) in [6.45, 7) is 0.338. The van der Waals surface area contributed by atoms with E-state index in [2.05, 4.69) is 10.3 Å². The van der Waals surface area contributed by atoms with Gasteiger partial charge in [0.2, 0.25) is 5.91 Å². The summed E-state index contributed by atoms with van der Waals surface area (Å²) >= 11 is 0. The molecule has 1 N–H and O–H groups in total. The van der Waals surface area contributed by atoms with Crippen LogP contribution in [0.1, 0.15) is 16.8 Å². The van der Waals surface area contributed by atoms with Gasteiger partial charge in [0.05, 0.1) is 17.4 Å². The molecule has 2 heterocycles. The number of nitrogens with one attached hydrogen (secondary N) is 1. The first-order chi connectivity index (χ1) is 9.67. The third-order valence-electron chi connectivity index (χ3n) is 3.20. The minimum Gasteiger partial charge on any atom is -0.298 e. The number of fused-ring (bicyclic) bond motifs is 1. The number of amides is 3. The molecule has 0 bridgehead atoms. The molecule has 1 aromatic carbocycles. The van der Waals surface area contributed by atoms with Crippen LogP contribution >= 0.6 is 0 Å². The van der Waals surface area contributed by atoms with Crippen molar-refractivity contribution < 1.29 is 14.4 Å². The maximum atomic E-state index is 11.8. The number of benzene rings is 1. The van der Waals surface area contributed by atoms with E-state index in [-0.39, 0.29) is 12.3 Å². The number of carbonyl (C=O) groups is 3. The minimum absolute atomic E-state index is 0.268. The van der Waals surface area contributed by atoms with Crippen LogP contribution in [-0.4, -0.2) is 29.8 Å². The lowest BCUT2D eigenvalue weighted by atomic mass is 10.1. The topological polar surface area (TPSA) is 79.4 Å². The Hall–Kier alpha value is -2.76. The van der Waals surface area contributed by atoms with Gasteiger partial charge in [0.1, 0.15) is 6.29 Å². The summed E-state index contributed by atoms with van der Waals surface area (Å²) in [5.41, 5.74) is 1.87. The quantitative estimate of drug-likeness (QED) is 0.838. The molecule has 1 aliphatic rings. The number of aromatic nitrogens is 1. The van der Waals surface area contributed by atoms with Gasteiger partial charge in [-0.05, 0) is 12.1 Å². The standard InChI is InChI=1S/C14H11N3O3/c18-8-9-1-2-10-6-11(7-15-12(10)5-9)17-4-3-13(19)16-14(17)20/h1-2,5-8H,3-4H2,(H,16,19,20). The number of pyridine rings is 1. The molecule has 3 rings (SSSR count). The molecule has 0 radical (unpaired) electrons. The molecule has 1 fully saturated rings. The number of anilines is 1. The van der Waals surface area contributed by atoms with Crippen molar-refractivity contribution in [2.24, 2.45) is 0 Å². The van der Waals surface area contributed by atoms with E-state index in [4.69, 9.17) is 0 Å². The molecule has 1 saturated heterocycles. The number of hydrogen-bond donors (Lipinski definition) is 1. The van der Waals surface area contributed by atoms with Gasteiger partial charge in [0.15, 0.2) is 0 Å². The van der Waals surface area contributed by atoms with E-state index >= 15 is 0 Å². The van der Waals surface area contributed by atoms with Crippen molar-refractivity contribution in [3.63, 3.8) is 0 Å². The summed E-state index contributed by atoms with van der Waals surface area (Å²) in [6, 6.07) is 6.54. The Kier molecular flexibility index (Phi) is 2.90. The van der Waals surface area contributed by atoms with E-state index < -0.39 is 6.03 Å². The van der Waals surface area contributed by atoms with E-state index in [0.717, 1.165) is 11.7 Å². The number of carbonyl (C=O) groups excluding carboxylic acids is 3. The van der Waals surface area contributed by atoms with E-state index in [1.165, 1.54) is 4.90 Å². The van der Waals surface area contributed by atoms with Crippen molar-refractivity contribution in [3.8, 4) is 0 Å². The highest BCUT2D eigenvalue weighted by molar-refractivity contribution is 6.06. The molecule has 2 aromatic rings. The molecular weight excluding hydrogens is 258 g/mol. The van der Waals surface area contributed by atoms with Gasteiger partial charge in [-0.3, -0.25) is 24.8 Å². The Bertz CT molecular complexity index is 727. The Labute approximate surface area is 114 Å².